The highest BCUT2D eigenvalue weighted by Gasteiger charge is 2.77. The van der Waals surface area contributed by atoms with Crippen molar-refractivity contribution < 1.29 is 9.14 Å². The molecule has 0 bridgehead atoms. The molecule has 0 saturated carbocycles. The number of aromatic nitrogens is 1. The summed E-state index contributed by atoms with van der Waals surface area (Å²) in [5, 5.41) is 2.84. The zero-order valence-electron chi connectivity index (χ0n) is 31.4. The number of hydrogen-bond donors (Lipinski definition) is 0. The van der Waals surface area contributed by atoms with Crippen molar-refractivity contribution in [3.8, 4) is 21.7 Å². The van der Waals surface area contributed by atoms with Crippen LogP contribution in [0.3, 0.4) is 0 Å². The Hall–Kier alpha value is -3.50. The van der Waals surface area contributed by atoms with Gasteiger partial charge in [-0.1, -0.05) is 59.7 Å². The third-order valence-corrected chi connectivity index (χ3v) is 12.6. The van der Waals surface area contributed by atoms with Gasteiger partial charge in [-0.25, -0.2) is 0 Å². The molecule has 0 N–H and O–H groups in total. The van der Waals surface area contributed by atoms with Crippen LogP contribution in [0.15, 0.2) is 48.5 Å². The molecule has 3 aromatic carbocycles. The molecule has 1 unspecified atom stereocenters. The van der Waals surface area contributed by atoms with Crippen LogP contribution in [0.1, 0.15) is 108 Å². The molecule has 2 aromatic heterocycles. The SMILES string of the molecule is Cc1cc(C)c2c(C)cc3[n+](c2c1)C1(c2ccc4c(c2-3)-c2sc3ccc(CC(C)C)cc3c2C4(C)C)N(C(C)C)C(C(C)C)=[N+]1C(C)C. The van der Waals surface area contributed by atoms with Crippen molar-refractivity contribution in [1.82, 2.24) is 4.90 Å². The van der Waals surface area contributed by atoms with Crippen molar-refractivity contribution in [2.75, 3.05) is 0 Å². The summed E-state index contributed by atoms with van der Waals surface area (Å²) in [5.74, 6) is 2.06. The van der Waals surface area contributed by atoms with Gasteiger partial charge in [0.15, 0.2) is 0 Å². The van der Waals surface area contributed by atoms with E-state index in [0.717, 1.165) is 6.42 Å². The predicted octanol–water partition coefficient (Wildman–Crippen LogP) is 10.6. The van der Waals surface area contributed by atoms with E-state index in [1.165, 1.54) is 87.5 Å². The summed E-state index contributed by atoms with van der Waals surface area (Å²) >= 11 is 2.02. The van der Waals surface area contributed by atoms with Gasteiger partial charge >= 0.3 is 5.79 Å². The molecule has 4 heterocycles. The Morgan fingerprint density at radius 2 is 1.48 bits per heavy atom. The second-order valence-corrected chi connectivity index (χ2v) is 17.9. The average Bonchev–Trinajstić information content (AvgIpc) is 3.56. The van der Waals surface area contributed by atoms with Gasteiger partial charge in [0.25, 0.3) is 5.84 Å². The summed E-state index contributed by atoms with van der Waals surface area (Å²) in [6.45, 7) is 30.8. The van der Waals surface area contributed by atoms with Crippen LogP contribution >= 0.6 is 11.3 Å². The number of amidine groups is 1. The standard InChI is InChI=1S/C44H53N3S/c1-23(2)18-30-14-17-36-31(22-30)40-41(48-36)39-32(43(40,12)13)15-16-33-38(39)35-21-29(11)37-28(10)19-27(9)20-34(37)47(35)44(33)45(25(5)6)42(24(3)4)46(44)26(7)8/h14-17,19-26H,18H2,1-13H3/q+2. The third kappa shape index (κ3) is 3.82. The number of benzene rings is 3. The smallest absolute Gasteiger partial charge is 0.156 e. The Morgan fingerprint density at radius 3 is 2.12 bits per heavy atom. The van der Waals surface area contributed by atoms with Gasteiger partial charge in [0.2, 0.25) is 11.2 Å². The van der Waals surface area contributed by atoms with E-state index in [0.29, 0.717) is 23.9 Å². The van der Waals surface area contributed by atoms with Crippen LogP contribution in [0, 0.1) is 32.6 Å². The number of nitrogens with zero attached hydrogens (tertiary/aromatic N) is 3. The Kier molecular flexibility index (Phi) is 6.79. The molecule has 0 saturated heterocycles. The Labute approximate surface area is 291 Å². The van der Waals surface area contributed by atoms with Gasteiger partial charge in [-0.15, -0.1) is 15.9 Å². The number of rotatable bonds is 5. The maximum atomic E-state index is 2.77. The maximum Gasteiger partial charge on any atom is 0.479 e. The minimum Gasteiger partial charge on any atom is -0.156 e. The van der Waals surface area contributed by atoms with Crippen molar-refractivity contribution in [1.29, 1.82) is 0 Å². The minimum atomic E-state index is -0.443. The van der Waals surface area contributed by atoms with Crippen molar-refractivity contribution in [3.63, 3.8) is 0 Å². The topological polar surface area (TPSA) is 10.1 Å². The fourth-order valence-electron chi connectivity index (χ4n) is 10.1. The van der Waals surface area contributed by atoms with E-state index in [-0.39, 0.29) is 5.41 Å². The van der Waals surface area contributed by atoms with E-state index in [2.05, 4.69) is 153 Å². The lowest BCUT2D eigenvalue weighted by molar-refractivity contribution is -0.955. The van der Waals surface area contributed by atoms with Crippen LogP contribution < -0.4 is 4.57 Å². The second kappa shape index (κ2) is 10.3. The lowest BCUT2D eigenvalue weighted by Crippen LogP contribution is -2.83. The molecule has 2 aliphatic heterocycles. The molecule has 0 radical (unpaired) electrons. The summed E-state index contributed by atoms with van der Waals surface area (Å²) in [6.07, 6.45) is 1.12. The molecule has 248 valence electrons. The molecule has 5 aromatic rings. The molecule has 48 heavy (non-hydrogen) atoms. The second-order valence-electron chi connectivity index (χ2n) is 16.9. The molecule has 1 aliphatic carbocycles. The van der Waals surface area contributed by atoms with Gasteiger partial charge in [-0.3, -0.25) is 0 Å². The zero-order chi connectivity index (χ0) is 34.4. The minimum absolute atomic E-state index is 0.0850. The van der Waals surface area contributed by atoms with Crippen molar-refractivity contribution in [2.24, 2.45) is 11.8 Å². The van der Waals surface area contributed by atoms with Gasteiger partial charge in [-0.2, -0.15) is 9.48 Å². The van der Waals surface area contributed by atoms with Gasteiger partial charge in [0.1, 0.15) is 17.6 Å². The first kappa shape index (κ1) is 31.7. The first-order valence-corrected chi connectivity index (χ1v) is 19.1. The third-order valence-electron chi connectivity index (χ3n) is 11.5. The molecular weight excluding hydrogens is 603 g/mol. The highest BCUT2D eigenvalue weighted by molar-refractivity contribution is 7.22. The number of thiophene rings is 1. The molecule has 0 amide bonds. The fraction of sp³-hybridized carbons (Fsp3) is 0.455. The summed E-state index contributed by atoms with van der Waals surface area (Å²) in [7, 11) is 0. The van der Waals surface area contributed by atoms with Crippen LogP contribution in [0.25, 0.3) is 42.7 Å². The fourth-order valence-corrected chi connectivity index (χ4v) is 11.5. The summed E-state index contributed by atoms with van der Waals surface area (Å²) in [5.41, 5.74) is 15.5. The van der Waals surface area contributed by atoms with Crippen LogP contribution in [-0.2, 0) is 17.6 Å². The first-order chi connectivity index (χ1) is 22.6. The number of pyridine rings is 1. The van der Waals surface area contributed by atoms with Crippen molar-refractivity contribution in [2.45, 2.75) is 120 Å². The highest BCUT2D eigenvalue weighted by atomic mass is 32.1. The summed E-state index contributed by atoms with van der Waals surface area (Å²) in [6, 6.07) is 20.3. The highest BCUT2D eigenvalue weighted by Crippen LogP contribution is 2.61. The Bertz CT molecular complexity index is 2240. The van der Waals surface area contributed by atoms with E-state index >= 15 is 0 Å². The molecule has 1 atom stereocenters. The van der Waals surface area contributed by atoms with Gasteiger partial charge in [-0.05, 0) is 118 Å². The van der Waals surface area contributed by atoms with Crippen LogP contribution in [0.5, 0.6) is 0 Å². The van der Waals surface area contributed by atoms with Gasteiger partial charge < -0.3 is 0 Å². The summed E-state index contributed by atoms with van der Waals surface area (Å²) in [4.78, 5) is 4.25. The quantitative estimate of drug-likeness (QED) is 0.171. The van der Waals surface area contributed by atoms with Gasteiger partial charge in [0, 0.05) is 32.7 Å². The van der Waals surface area contributed by atoms with Crippen LogP contribution in [0.4, 0.5) is 0 Å². The van der Waals surface area contributed by atoms with Gasteiger partial charge in [0.05, 0.1) is 16.9 Å². The van der Waals surface area contributed by atoms with Crippen LogP contribution in [-0.4, -0.2) is 27.4 Å². The van der Waals surface area contributed by atoms with E-state index in [4.69, 9.17) is 0 Å². The lowest BCUT2D eigenvalue weighted by atomic mass is 9.80. The van der Waals surface area contributed by atoms with E-state index < -0.39 is 5.79 Å². The molecule has 3 nitrogen and oxygen atoms in total. The monoisotopic (exact) mass is 655 g/mol. The molecular formula is C44H53N3S+2. The molecule has 8 rings (SSSR count). The largest absolute Gasteiger partial charge is 0.479 e. The maximum absolute atomic E-state index is 2.77. The molecule has 4 heteroatoms. The lowest BCUT2D eigenvalue weighted by Gasteiger charge is -2.46. The molecule has 0 fully saturated rings. The van der Waals surface area contributed by atoms with E-state index in [1.54, 1.807) is 0 Å². The number of hydrogen-bond acceptors (Lipinski definition) is 2. The predicted molar refractivity (Wildman–Crippen MR) is 205 cm³/mol. The summed E-state index contributed by atoms with van der Waals surface area (Å²) < 4.78 is 6.96. The number of aryl methyl sites for hydroxylation is 3. The van der Waals surface area contributed by atoms with Crippen molar-refractivity contribution in [3.05, 3.63) is 87.5 Å². The van der Waals surface area contributed by atoms with E-state index in [1.807, 2.05) is 11.3 Å². The first-order valence-electron chi connectivity index (χ1n) is 18.3. The molecule has 1 spiro atoms. The molecule has 3 aliphatic rings. The zero-order valence-corrected chi connectivity index (χ0v) is 32.2. The van der Waals surface area contributed by atoms with Crippen LogP contribution in [0.2, 0.25) is 0 Å². The number of fused-ring (bicyclic) bond motifs is 13. The van der Waals surface area contributed by atoms with Crippen molar-refractivity contribution >= 4 is 38.2 Å². The Balaban J connectivity index is 1.56. The average molecular weight is 656 g/mol. The van der Waals surface area contributed by atoms with E-state index in [9.17, 15) is 0 Å². The Morgan fingerprint density at radius 1 is 0.792 bits per heavy atom. The normalized spacial score (nSPS) is 19.1.